The fraction of sp³-hybridized carbons (Fsp3) is 0.692. The molecule has 8 heteroatoms. The van der Waals surface area contributed by atoms with Crippen molar-refractivity contribution in [1.82, 2.24) is 24.9 Å². The molecule has 0 aromatic carbocycles. The average molecular weight is 292 g/mol. The highest BCUT2D eigenvalue weighted by Gasteiger charge is 2.26. The molecule has 2 aromatic heterocycles. The van der Waals surface area contributed by atoms with Gasteiger partial charge in [0, 0.05) is 19.6 Å². The molecule has 3 rings (SSSR count). The molecule has 0 saturated carbocycles. The summed E-state index contributed by atoms with van der Waals surface area (Å²) >= 11 is 0. The van der Waals surface area contributed by atoms with Crippen LogP contribution in [0.1, 0.15) is 56.1 Å². The number of nitrogens with one attached hydrogen (secondary N) is 1. The molecule has 8 nitrogen and oxygen atoms in total. The number of methoxy groups -OCH3 is 1. The number of fused-ring (bicyclic) bond motifs is 1. The highest BCUT2D eigenvalue weighted by Crippen LogP contribution is 2.27. The molecule has 2 aromatic rings. The summed E-state index contributed by atoms with van der Waals surface area (Å²) in [6, 6.07) is 0.478. The standard InChI is InChI=1S/C13H20N6O2/c1-8(2)11-16-13(21-18-11)14-9-5-4-6-19-12(9)15-10(17-19)7-20-3/h8-9H,4-7H2,1-3H3,(H,14,16,18)/t9-/m1/s1. The van der Waals surface area contributed by atoms with Crippen LogP contribution in [-0.4, -0.2) is 32.0 Å². The predicted molar refractivity (Wildman–Crippen MR) is 74.7 cm³/mol. The van der Waals surface area contributed by atoms with Crippen LogP contribution >= 0.6 is 0 Å². The Kier molecular flexibility index (Phi) is 3.87. The Balaban J connectivity index is 1.77. The molecule has 114 valence electrons. The van der Waals surface area contributed by atoms with E-state index in [0.717, 1.165) is 25.2 Å². The molecule has 0 fully saturated rings. The fourth-order valence-electron chi connectivity index (χ4n) is 2.40. The van der Waals surface area contributed by atoms with E-state index >= 15 is 0 Å². The smallest absolute Gasteiger partial charge is 0.322 e. The zero-order chi connectivity index (χ0) is 14.8. The highest BCUT2D eigenvalue weighted by atomic mass is 16.5. The second kappa shape index (κ2) is 5.80. The first kappa shape index (κ1) is 14.0. The number of hydrogen-bond acceptors (Lipinski definition) is 7. The van der Waals surface area contributed by atoms with Crippen LogP contribution < -0.4 is 5.32 Å². The summed E-state index contributed by atoms with van der Waals surface area (Å²) in [5, 5.41) is 11.7. The van der Waals surface area contributed by atoms with Crippen molar-refractivity contribution in [3.63, 3.8) is 0 Å². The van der Waals surface area contributed by atoms with E-state index in [0.29, 0.717) is 24.3 Å². The Labute approximate surface area is 122 Å². The number of nitrogens with zero attached hydrogens (tertiary/aromatic N) is 5. The Morgan fingerprint density at radius 2 is 2.29 bits per heavy atom. The van der Waals surface area contributed by atoms with Crippen LogP contribution in [0.3, 0.4) is 0 Å². The van der Waals surface area contributed by atoms with Crippen LogP contribution in [0, 0.1) is 0 Å². The normalized spacial score (nSPS) is 18.0. The van der Waals surface area contributed by atoms with Crippen molar-refractivity contribution < 1.29 is 9.26 Å². The van der Waals surface area contributed by atoms with Crippen molar-refractivity contribution in [2.75, 3.05) is 12.4 Å². The first-order valence-corrected chi connectivity index (χ1v) is 7.20. The van der Waals surface area contributed by atoms with Gasteiger partial charge in [-0.05, 0) is 12.8 Å². The molecule has 0 bridgehead atoms. The minimum atomic E-state index is 0.0392. The molecule has 1 aliphatic rings. The minimum absolute atomic E-state index is 0.0392. The van der Waals surface area contributed by atoms with Crippen LogP contribution in [0.5, 0.6) is 0 Å². The van der Waals surface area contributed by atoms with E-state index in [2.05, 4.69) is 25.5 Å². The average Bonchev–Trinajstić information content (AvgIpc) is 3.06. The van der Waals surface area contributed by atoms with Gasteiger partial charge in [-0.1, -0.05) is 19.0 Å². The SMILES string of the molecule is COCc1nc2n(n1)CCC[C@H]2Nc1nc(C(C)C)no1. The van der Waals surface area contributed by atoms with E-state index in [4.69, 9.17) is 9.26 Å². The lowest BCUT2D eigenvalue weighted by Gasteiger charge is -2.21. The van der Waals surface area contributed by atoms with E-state index in [1.807, 2.05) is 18.5 Å². The van der Waals surface area contributed by atoms with Crippen molar-refractivity contribution in [2.45, 2.75) is 51.8 Å². The minimum Gasteiger partial charge on any atom is -0.377 e. The third-order valence-electron chi connectivity index (χ3n) is 3.45. The maximum Gasteiger partial charge on any atom is 0.322 e. The van der Waals surface area contributed by atoms with E-state index in [9.17, 15) is 0 Å². The largest absolute Gasteiger partial charge is 0.377 e. The first-order chi connectivity index (χ1) is 10.2. The number of anilines is 1. The molecule has 21 heavy (non-hydrogen) atoms. The maximum atomic E-state index is 5.24. The van der Waals surface area contributed by atoms with Crippen molar-refractivity contribution in [3.8, 4) is 0 Å². The molecule has 0 radical (unpaired) electrons. The lowest BCUT2D eigenvalue weighted by molar-refractivity contribution is 0.177. The molecule has 0 aliphatic carbocycles. The van der Waals surface area contributed by atoms with Crippen LogP contribution in [-0.2, 0) is 17.9 Å². The first-order valence-electron chi connectivity index (χ1n) is 7.20. The summed E-state index contributed by atoms with van der Waals surface area (Å²) in [6.07, 6.45) is 2.00. The maximum absolute atomic E-state index is 5.24. The topological polar surface area (TPSA) is 90.9 Å². The summed E-state index contributed by atoms with van der Waals surface area (Å²) in [6.45, 7) is 5.36. The van der Waals surface area contributed by atoms with Crippen molar-refractivity contribution in [1.29, 1.82) is 0 Å². The number of hydrogen-bond donors (Lipinski definition) is 1. The lowest BCUT2D eigenvalue weighted by atomic mass is 10.1. The monoisotopic (exact) mass is 292 g/mol. The number of aromatic nitrogens is 5. The van der Waals surface area contributed by atoms with E-state index in [-0.39, 0.29) is 12.0 Å². The quantitative estimate of drug-likeness (QED) is 0.899. The molecule has 0 spiro atoms. The number of ether oxygens (including phenoxy) is 1. The Hall–Kier alpha value is -1.96. The van der Waals surface area contributed by atoms with Gasteiger partial charge in [0.25, 0.3) is 0 Å². The number of aryl methyl sites for hydroxylation is 1. The Morgan fingerprint density at radius 3 is 3.00 bits per heavy atom. The highest BCUT2D eigenvalue weighted by molar-refractivity contribution is 5.24. The van der Waals surface area contributed by atoms with Gasteiger partial charge in [-0.2, -0.15) is 10.1 Å². The molecule has 3 heterocycles. The second-order valence-corrected chi connectivity index (χ2v) is 5.49. The predicted octanol–water partition coefficient (Wildman–Crippen LogP) is 1.88. The zero-order valence-electron chi connectivity index (χ0n) is 12.5. The Bertz CT molecular complexity index is 606. The van der Waals surface area contributed by atoms with Gasteiger partial charge in [0.15, 0.2) is 11.6 Å². The second-order valence-electron chi connectivity index (χ2n) is 5.49. The van der Waals surface area contributed by atoms with E-state index in [1.54, 1.807) is 7.11 Å². The molecule has 0 unspecified atom stereocenters. The third kappa shape index (κ3) is 2.90. The van der Waals surface area contributed by atoms with Gasteiger partial charge in [-0.3, -0.25) is 0 Å². The molecule has 1 N–H and O–H groups in total. The molecular formula is C13H20N6O2. The third-order valence-corrected chi connectivity index (χ3v) is 3.45. The molecule has 1 aliphatic heterocycles. The van der Waals surface area contributed by atoms with Crippen molar-refractivity contribution in [2.24, 2.45) is 0 Å². The van der Waals surface area contributed by atoms with Gasteiger partial charge in [0.2, 0.25) is 0 Å². The Morgan fingerprint density at radius 1 is 1.43 bits per heavy atom. The molecule has 0 amide bonds. The van der Waals surface area contributed by atoms with E-state index in [1.165, 1.54) is 0 Å². The van der Waals surface area contributed by atoms with Gasteiger partial charge in [-0.25, -0.2) is 9.67 Å². The van der Waals surface area contributed by atoms with Crippen LogP contribution in [0.15, 0.2) is 4.52 Å². The lowest BCUT2D eigenvalue weighted by Crippen LogP contribution is -2.22. The van der Waals surface area contributed by atoms with Crippen LogP contribution in [0.25, 0.3) is 0 Å². The van der Waals surface area contributed by atoms with Gasteiger partial charge >= 0.3 is 6.01 Å². The molecule has 0 saturated heterocycles. The van der Waals surface area contributed by atoms with Crippen molar-refractivity contribution in [3.05, 3.63) is 17.5 Å². The van der Waals surface area contributed by atoms with Gasteiger partial charge < -0.3 is 14.6 Å². The van der Waals surface area contributed by atoms with Crippen molar-refractivity contribution >= 4 is 6.01 Å². The molecular weight excluding hydrogens is 272 g/mol. The summed E-state index contributed by atoms with van der Waals surface area (Å²) in [5.74, 6) is 2.55. The summed E-state index contributed by atoms with van der Waals surface area (Å²) < 4.78 is 12.3. The van der Waals surface area contributed by atoms with Crippen LogP contribution in [0.2, 0.25) is 0 Å². The van der Waals surface area contributed by atoms with Gasteiger partial charge in [-0.15, -0.1) is 0 Å². The van der Waals surface area contributed by atoms with E-state index < -0.39 is 0 Å². The summed E-state index contributed by atoms with van der Waals surface area (Å²) in [4.78, 5) is 8.88. The van der Waals surface area contributed by atoms with Gasteiger partial charge in [0.1, 0.15) is 12.4 Å². The molecule has 1 atom stereocenters. The zero-order valence-corrected chi connectivity index (χ0v) is 12.5. The van der Waals surface area contributed by atoms with Crippen LogP contribution in [0.4, 0.5) is 6.01 Å². The summed E-state index contributed by atoms with van der Waals surface area (Å²) in [7, 11) is 1.64. The fourth-order valence-corrected chi connectivity index (χ4v) is 2.40. The summed E-state index contributed by atoms with van der Waals surface area (Å²) in [5.41, 5.74) is 0. The van der Waals surface area contributed by atoms with Gasteiger partial charge in [0.05, 0.1) is 6.04 Å². The number of rotatable bonds is 5.